The molecule has 1 aromatic heterocycles. The van der Waals surface area contributed by atoms with Crippen LogP contribution in [-0.2, 0) is 6.18 Å². The molecule has 1 amide bonds. The van der Waals surface area contributed by atoms with Crippen LogP contribution in [0.1, 0.15) is 22.8 Å². The van der Waals surface area contributed by atoms with Crippen LogP contribution < -0.4 is 0 Å². The molecule has 4 aromatic rings. The number of benzene rings is 3. The van der Waals surface area contributed by atoms with E-state index in [-0.39, 0.29) is 24.9 Å². The lowest BCUT2D eigenvalue weighted by Gasteiger charge is -2.19. The summed E-state index contributed by atoms with van der Waals surface area (Å²) in [7, 11) is 0. The highest BCUT2D eigenvalue weighted by Gasteiger charge is 2.30. The smallest absolute Gasteiger partial charge is 0.395 e. The first kappa shape index (κ1) is 24.2. The van der Waals surface area contributed by atoms with E-state index in [4.69, 9.17) is 9.63 Å². The number of aliphatic hydroxyl groups excluding tert-OH is 1. The second-order valence-electron chi connectivity index (χ2n) is 7.77. The highest BCUT2D eigenvalue weighted by Crippen LogP contribution is 2.33. The van der Waals surface area contributed by atoms with Crippen LogP contribution in [0.15, 0.2) is 77.3 Å². The summed E-state index contributed by atoms with van der Waals surface area (Å²) in [5, 5.41) is 13.2. The van der Waals surface area contributed by atoms with Crippen molar-refractivity contribution in [1.82, 2.24) is 15.0 Å². The van der Waals surface area contributed by atoms with E-state index in [1.54, 1.807) is 54.6 Å². The minimum atomic E-state index is -4.41. The van der Waals surface area contributed by atoms with Gasteiger partial charge < -0.3 is 14.5 Å². The Morgan fingerprint density at radius 3 is 2.31 bits per heavy atom. The summed E-state index contributed by atoms with van der Waals surface area (Å²) < 4.78 is 44.4. The summed E-state index contributed by atoms with van der Waals surface area (Å²) >= 11 is 0. The number of hydrogen-bond acceptors (Lipinski definition) is 5. The van der Waals surface area contributed by atoms with Crippen LogP contribution in [0, 0.1) is 0 Å². The number of carbonyl (C=O) groups is 1. The largest absolute Gasteiger partial charge is 0.416 e. The first-order chi connectivity index (χ1) is 16.8. The maximum absolute atomic E-state index is 13.0. The van der Waals surface area contributed by atoms with Crippen LogP contribution >= 0.6 is 0 Å². The number of carbonyl (C=O) groups excluding carboxylic acids is 1. The van der Waals surface area contributed by atoms with E-state index < -0.39 is 11.7 Å². The van der Waals surface area contributed by atoms with Crippen molar-refractivity contribution in [2.24, 2.45) is 0 Å². The average molecular weight is 481 g/mol. The van der Waals surface area contributed by atoms with Crippen molar-refractivity contribution in [2.75, 3.05) is 19.7 Å². The maximum Gasteiger partial charge on any atom is 0.416 e. The number of alkyl halides is 3. The van der Waals surface area contributed by atoms with Crippen LogP contribution in [0.5, 0.6) is 0 Å². The van der Waals surface area contributed by atoms with Crippen LogP contribution in [0.3, 0.4) is 0 Å². The van der Waals surface area contributed by atoms with Gasteiger partial charge in [0.2, 0.25) is 5.82 Å². The fourth-order valence-corrected chi connectivity index (χ4v) is 3.64. The van der Waals surface area contributed by atoms with Gasteiger partial charge in [-0.15, -0.1) is 0 Å². The van der Waals surface area contributed by atoms with Crippen molar-refractivity contribution in [3.63, 3.8) is 0 Å². The normalized spacial score (nSPS) is 11.5. The van der Waals surface area contributed by atoms with E-state index in [0.29, 0.717) is 40.2 Å². The minimum Gasteiger partial charge on any atom is -0.395 e. The molecule has 1 N–H and O–H groups in total. The van der Waals surface area contributed by atoms with E-state index in [1.165, 1.54) is 11.0 Å². The summed E-state index contributed by atoms with van der Waals surface area (Å²) in [6.07, 6.45) is -4.41. The van der Waals surface area contributed by atoms with E-state index in [9.17, 15) is 18.0 Å². The third kappa shape index (κ3) is 5.41. The molecule has 0 saturated heterocycles. The molecule has 4 rings (SSSR count). The highest BCUT2D eigenvalue weighted by atomic mass is 19.4. The van der Waals surface area contributed by atoms with Gasteiger partial charge in [0.15, 0.2) is 0 Å². The van der Waals surface area contributed by atoms with Crippen LogP contribution in [-0.4, -0.2) is 45.8 Å². The number of likely N-dealkylation sites (N-methyl/N-ethyl adjacent to an activating group) is 1. The van der Waals surface area contributed by atoms with Gasteiger partial charge in [-0.2, -0.15) is 18.2 Å². The lowest BCUT2D eigenvalue weighted by atomic mass is 10.0. The second-order valence-corrected chi connectivity index (χ2v) is 7.77. The number of amides is 1. The third-order valence-corrected chi connectivity index (χ3v) is 5.49. The van der Waals surface area contributed by atoms with Gasteiger partial charge in [-0.3, -0.25) is 4.79 Å². The second kappa shape index (κ2) is 10.1. The van der Waals surface area contributed by atoms with Crippen molar-refractivity contribution in [2.45, 2.75) is 13.1 Å². The van der Waals surface area contributed by atoms with Crippen LogP contribution in [0.4, 0.5) is 13.2 Å². The molecule has 0 bridgehead atoms. The molecule has 0 radical (unpaired) electrons. The highest BCUT2D eigenvalue weighted by molar-refractivity contribution is 5.95. The van der Waals surface area contributed by atoms with Crippen molar-refractivity contribution in [3.05, 3.63) is 83.9 Å². The van der Waals surface area contributed by atoms with E-state index in [2.05, 4.69) is 10.1 Å². The van der Waals surface area contributed by atoms with Gasteiger partial charge >= 0.3 is 6.18 Å². The summed E-state index contributed by atoms with van der Waals surface area (Å²) in [6.45, 7) is 2.41. The fourth-order valence-electron chi connectivity index (χ4n) is 3.64. The van der Waals surface area contributed by atoms with Crippen molar-refractivity contribution in [3.8, 4) is 34.0 Å². The number of aliphatic hydroxyl groups is 1. The summed E-state index contributed by atoms with van der Waals surface area (Å²) in [4.78, 5) is 18.6. The van der Waals surface area contributed by atoms with E-state index in [0.717, 1.165) is 12.1 Å². The zero-order valence-corrected chi connectivity index (χ0v) is 18.8. The Morgan fingerprint density at radius 2 is 1.63 bits per heavy atom. The van der Waals surface area contributed by atoms with Crippen LogP contribution in [0.25, 0.3) is 34.0 Å². The number of aromatic nitrogens is 2. The summed E-state index contributed by atoms with van der Waals surface area (Å²) in [5.41, 5.74) is 1.99. The zero-order valence-electron chi connectivity index (χ0n) is 18.8. The van der Waals surface area contributed by atoms with Gasteiger partial charge in [0.1, 0.15) is 0 Å². The quantitative estimate of drug-likeness (QED) is 0.375. The Morgan fingerprint density at radius 1 is 0.943 bits per heavy atom. The molecular weight excluding hydrogens is 459 g/mol. The molecule has 0 saturated carbocycles. The molecule has 180 valence electrons. The van der Waals surface area contributed by atoms with Gasteiger partial charge in [-0.25, -0.2) is 0 Å². The lowest BCUT2D eigenvalue weighted by Crippen LogP contribution is -2.33. The molecule has 1 heterocycles. The summed E-state index contributed by atoms with van der Waals surface area (Å²) in [5.74, 6) is 0.318. The molecule has 0 fully saturated rings. The molecule has 9 heteroatoms. The molecule has 0 aliphatic heterocycles. The molecular formula is C26H22F3N3O3. The minimum absolute atomic E-state index is 0.126. The maximum atomic E-state index is 13.0. The van der Waals surface area contributed by atoms with Crippen molar-refractivity contribution >= 4 is 5.91 Å². The average Bonchev–Trinajstić information content (AvgIpc) is 3.37. The molecule has 35 heavy (non-hydrogen) atoms. The van der Waals surface area contributed by atoms with Crippen molar-refractivity contribution < 1.29 is 27.6 Å². The Hall–Kier alpha value is -3.98. The predicted molar refractivity (Wildman–Crippen MR) is 124 cm³/mol. The number of nitrogens with zero attached hydrogens (tertiary/aromatic N) is 3. The number of halogens is 3. The molecule has 0 spiro atoms. The number of hydrogen-bond donors (Lipinski definition) is 1. The standard InChI is InChI=1S/C26H22F3N3O3/c1-2-32(13-14-33)25(34)21-7-3-6-20(15-21)24-30-23(31-35-24)18-11-9-17(10-12-18)19-5-4-8-22(16-19)26(27,28)29/h3-12,15-16,33H,2,13-14H2,1H3. The van der Waals surface area contributed by atoms with Crippen LogP contribution in [0.2, 0.25) is 0 Å². The molecule has 0 aliphatic carbocycles. The van der Waals surface area contributed by atoms with Gasteiger partial charge in [0.05, 0.1) is 12.2 Å². The Bertz CT molecular complexity index is 1320. The predicted octanol–water partition coefficient (Wildman–Crippen LogP) is 5.54. The lowest BCUT2D eigenvalue weighted by molar-refractivity contribution is -0.137. The van der Waals surface area contributed by atoms with Crippen molar-refractivity contribution in [1.29, 1.82) is 0 Å². The van der Waals surface area contributed by atoms with E-state index >= 15 is 0 Å². The first-order valence-corrected chi connectivity index (χ1v) is 10.9. The third-order valence-electron chi connectivity index (χ3n) is 5.49. The SMILES string of the molecule is CCN(CCO)C(=O)c1cccc(-c2nc(-c3ccc(-c4cccc(C(F)(F)F)c4)cc3)no2)c1. The van der Waals surface area contributed by atoms with E-state index in [1.807, 2.05) is 6.92 Å². The Kier molecular flexibility index (Phi) is 6.97. The van der Waals surface area contributed by atoms with Gasteiger partial charge in [-0.1, -0.05) is 47.6 Å². The Labute approximate surface area is 199 Å². The van der Waals surface area contributed by atoms with Gasteiger partial charge in [0.25, 0.3) is 11.8 Å². The zero-order chi connectivity index (χ0) is 25.0. The fraction of sp³-hybridized carbons (Fsp3) is 0.192. The summed E-state index contributed by atoms with van der Waals surface area (Å²) in [6, 6.07) is 18.7. The topological polar surface area (TPSA) is 79.5 Å². The molecule has 3 aromatic carbocycles. The molecule has 6 nitrogen and oxygen atoms in total. The molecule has 0 unspecified atom stereocenters. The first-order valence-electron chi connectivity index (χ1n) is 10.9. The molecule has 0 atom stereocenters. The molecule has 0 aliphatic rings. The Balaban J connectivity index is 1.55. The number of rotatable bonds is 7. The van der Waals surface area contributed by atoms with Gasteiger partial charge in [0, 0.05) is 29.8 Å². The van der Waals surface area contributed by atoms with Gasteiger partial charge in [-0.05, 0) is 48.4 Å². The monoisotopic (exact) mass is 481 g/mol.